The molecule has 0 aliphatic heterocycles. The Kier molecular flexibility index (Phi) is 4.34. The normalized spacial score (nSPS) is 11.3. The zero-order chi connectivity index (χ0) is 15.5. The van der Waals surface area contributed by atoms with Crippen LogP contribution in [0.25, 0.3) is 0 Å². The fourth-order valence-corrected chi connectivity index (χ4v) is 2.38. The van der Waals surface area contributed by atoms with Crippen LogP contribution in [0.3, 0.4) is 0 Å². The van der Waals surface area contributed by atoms with E-state index in [9.17, 15) is 17.6 Å². The minimum atomic E-state index is -4.05. The quantitative estimate of drug-likeness (QED) is 0.847. The molecular formula is C12H13FN4O3S. The summed E-state index contributed by atoms with van der Waals surface area (Å²) in [7, 11) is -4.05. The molecule has 21 heavy (non-hydrogen) atoms. The van der Waals surface area contributed by atoms with Crippen molar-refractivity contribution in [1.29, 1.82) is 0 Å². The summed E-state index contributed by atoms with van der Waals surface area (Å²) in [6.45, 7) is 0.318. The van der Waals surface area contributed by atoms with Gasteiger partial charge >= 0.3 is 0 Å². The fourth-order valence-electron chi connectivity index (χ4n) is 1.71. The number of hydrogen-bond donors (Lipinski definition) is 2. The van der Waals surface area contributed by atoms with Crippen molar-refractivity contribution in [2.45, 2.75) is 17.9 Å². The number of nitrogens with one attached hydrogen (secondary N) is 1. The van der Waals surface area contributed by atoms with Crippen molar-refractivity contribution in [2.75, 3.05) is 5.32 Å². The number of carbonyl (C=O) groups is 1. The van der Waals surface area contributed by atoms with Gasteiger partial charge in [0.25, 0.3) is 0 Å². The molecule has 0 saturated heterocycles. The largest absolute Gasteiger partial charge is 0.325 e. The Balaban J connectivity index is 2.11. The van der Waals surface area contributed by atoms with Crippen LogP contribution in [0.5, 0.6) is 0 Å². The number of rotatable bonds is 5. The van der Waals surface area contributed by atoms with Gasteiger partial charge in [0.05, 0.1) is 5.69 Å². The lowest BCUT2D eigenvalue weighted by Gasteiger charge is -2.10. The maximum Gasteiger partial charge on any atom is 0.240 e. The molecule has 0 unspecified atom stereocenters. The highest BCUT2D eigenvalue weighted by Gasteiger charge is 2.16. The first-order valence-electron chi connectivity index (χ1n) is 5.96. The smallest absolute Gasteiger partial charge is 0.240 e. The molecule has 0 atom stereocenters. The first kappa shape index (κ1) is 15.1. The number of aryl methyl sites for hydroxylation is 1. The molecule has 0 aliphatic carbocycles. The van der Waals surface area contributed by atoms with Crippen LogP contribution in [-0.2, 0) is 21.4 Å². The van der Waals surface area contributed by atoms with Gasteiger partial charge in [-0.1, -0.05) is 0 Å². The van der Waals surface area contributed by atoms with Gasteiger partial charge in [-0.3, -0.25) is 9.48 Å². The molecule has 0 radical (unpaired) electrons. The number of hydrogen-bond acceptors (Lipinski definition) is 4. The van der Waals surface area contributed by atoms with E-state index in [0.29, 0.717) is 6.54 Å². The van der Waals surface area contributed by atoms with Crippen LogP contribution < -0.4 is 10.5 Å². The molecule has 1 aromatic carbocycles. The average molecular weight is 312 g/mol. The number of primary sulfonamides is 1. The van der Waals surface area contributed by atoms with E-state index in [-0.39, 0.29) is 17.0 Å². The molecule has 1 aromatic heterocycles. The van der Waals surface area contributed by atoms with E-state index in [4.69, 9.17) is 5.14 Å². The molecule has 3 N–H and O–H groups in total. The van der Waals surface area contributed by atoms with Crippen molar-refractivity contribution < 1.29 is 17.6 Å². The van der Waals surface area contributed by atoms with Gasteiger partial charge in [-0.05, 0) is 24.3 Å². The molecule has 1 heterocycles. The highest BCUT2D eigenvalue weighted by Crippen LogP contribution is 2.21. The summed E-state index contributed by atoms with van der Waals surface area (Å²) in [6, 6.07) is 4.59. The second-order valence-electron chi connectivity index (χ2n) is 4.25. The first-order valence-corrected chi connectivity index (χ1v) is 7.50. The molecule has 0 fully saturated rings. The Morgan fingerprint density at radius 2 is 2.19 bits per heavy atom. The van der Waals surface area contributed by atoms with Crippen LogP contribution in [0.1, 0.15) is 6.42 Å². The van der Waals surface area contributed by atoms with E-state index in [2.05, 4.69) is 10.4 Å². The summed E-state index contributed by atoms with van der Waals surface area (Å²) in [4.78, 5) is 11.5. The molecular weight excluding hydrogens is 299 g/mol. The predicted octanol–water partition coefficient (Wildman–Crippen LogP) is 0.698. The predicted molar refractivity (Wildman–Crippen MR) is 73.2 cm³/mol. The third kappa shape index (κ3) is 4.10. The standard InChI is InChI=1S/C12H13FN4O3S/c13-9-2-3-11(21(14,19)20)10(8-9)16-12(18)4-7-17-6-1-5-15-17/h1-3,5-6,8H,4,7H2,(H,16,18)(H2,14,19,20). The average Bonchev–Trinajstić information content (AvgIpc) is 2.88. The number of nitrogens with two attached hydrogens (primary N) is 1. The lowest BCUT2D eigenvalue weighted by atomic mass is 10.3. The van der Waals surface area contributed by atoms with E-state index in [1.165, 1.54) is 0 Å². The molecule has 0 spiro atoms. The van der Waals surface area contributed by atoms with E-state index in [1.54, 1.807) is 23.1 Å². The van der Waals surface area contributed by atoms with Crippen LogP contribution in [0.15, 0.2) is 41.6 Å². The van der Waals surface area contributed by atoms with Crippen molar-refractivity contribution in [3.63, 3.8) is 0 Å². The number of aromatic nitrogens is 2. The van der Waals surface area contributed by atoms with E-state index in [0.717, 1.165) is 18.2 Å². The molecule has 112 valence electrons. The third-order valence-corrected chi connectivity index (χ3v) is 3.62. The number of halogens is 1. The van der Waals surface area contributed by atoms with Crippen LogP contribution in [0, 0.1) is 5.82 Å². The van der Waals surface area contributed by atoms with E-state index in [1.807, 2.05) is 0 Å². The highest BCUT2D eigenvalue weighted by atomic mass is 32.2. The van der Waals surface area contributed by atoms with Crippen molar-refractivity contribution in [3.05, 3.63) is 42.5 Å². The van der Waals surface area contributed by atoms with Crippen LogP contribution >= 0.6 is 0 Å². The summed E-state index contributed by atoms with van der Waals surface area (Å²) >= 11 is 0. The number of carbonyl (C=O) groups excluding carboxylic acids is 1. The molecule has 0 aliphatic rings. The van der Waals surface area contributed by atoms with Gasteiger partial charge in [0.2, 0.25) is 15.9 Å². The molecule has 2 aromatic rings. The molecule has 2 rings (SSSR count). The summed E-state index contributed by atoms with van der Waals surface area (Å²) in [5.74, 6) is -1.15. The van der Waals surface area contributed by atoms with Gasteiger partial charge < -0.3 is 5.32 Å². The van der Waals surface area contributed by atoms with Crippen LogP contribution in [-0.4, -0.2) is 24.1 Å². The van der Waals surface area contributed by atoms with Gasteiger partial charge in [-0.25, -0.2) is 17.9 Å². The van der Waals surface area contributed by atoms with Crippen LogP contribution in [0.4, 0.5) is 10.1 Å². The lowest BCUT2D eigenvalue weighted by Crippen LogP contribution is -2.19. The number of benzene rings is 1. The molecule has 7 nitrogen and oxygen atoms in total. The summed E-state index contributed by atoms with van der Waals surface area (Å²) in [6.07, 6.45) is 3.32. The van der Waals surface area contributed by atoms with Crippen molar-refractivity contribution in [2.24, 2.45) is 5.14 Å². The summed E-state index contributed by atoms with van der Waals surface area (Å²) < 4.78 is 37.5. The number of anilines is 1. The maximum absolute atomic E-state index is 13.2. The monoisotopic (exact) mass is 312 g/mol. The van der Waals surface area contributed by atoms with E-state index < -0.39 is 21.7 Å². The number of amides is 1. The SMILES string of the molecule is NS(=O)(=O)c1ccc(F)cc1NC(=O)CCn1cccn1. The molecule has 1 amide bonds. The molecule has 9 heteroatoms. The van der Waals surface area contributed by atoms with Gasteiger partial charge in [0.1, 0.15) is 10.7 Å². The third-order valence-electron chi connectivity index (χ3n) is 2.65. The maximum atomic E-state index is 13.2. The number of nitrogens with zero attached hydrogens (tertiary/aromatic N) is 2. The summed E-state index contributed by atoms with van der Waals surface area (Å²) in [5, 5.41) is 11.3. The highest BCUT2D eigenvalue weighted by molar-refractivity contribution is 7.89. The van der Waals surface area contributed by atoms with Gasteiger partial charge in [0.15, 0.2) is 0 Å². The Morgan fingerprint density at radius 1 is 1.43 bits per heavy atom. The molecule has 0 bridgehead atoms. The lowest BCUT2D eigenvalue weighted by molar-refractivity contribution is -0.116. The Bertz CT molecular complexity index is 744. The second-order valence-corrected chi connectivity index (χ2v) is 5.78. The van der Waals surface area contributed by atoms with Gasteiger partial charge in [-0.15, -0.1) is 0 Å². The number of sulfonamides is 1. The fraction of sp³-hybridized carbons (Fsp3) is 0.167. The first-order chi connectivity index (χ1) is 9.86. The van der Waals surface area contributed by atoms with Gasteiger partial charge in [0, 0.05) is 25.4 Å². The van der Waals surface area contributed by atoms with Crippen molar-refractivity contribution in [3.8, 4) is 0 Å². The Labute approximate surface area is 120 Å². The zero-order valence-electron chi connectivity index (χ0n) is 10.9. The van der Waals surface area contributed by atoms with Crippen LogP contribution in [0.2, 0.25) is 0 Å². The van der Waals surface area contributed by atoms with Crippen molar-refractivity contribution in [1.82, 2.24) is 9.78 Å². The van der Waals surface area contributed by atoms with E-state index >= 15 is 0 Å². The minimum absolute atomic E-state index is 0.0578. The second kappa shape index (κ2) is 6.02. The van der Waals surface area contributed by atoms with Crippen molar-refractivity contribution >= 4 is 21.6 Å². The molecule has 0 saturated carbocycles. The zero-order valence-corrected chi connectivity index (χ0v) is 11.7. The Morgan fingerprint density at radius 3 is 2.81 bits per heavy atom. The Hall–Kier alpha value is -2.26. The topological polar surface area (TPSA) is 107 Å². The minimum Gasteiger partial charge on any atom is -0.325 e. The van der Waals surface area contributed by atoms with Gasteiger partial charge in [-0.2, -0.15) is 5.10 Å². The summed E-state index contributed by atoms with van der Waals surface area (Å²) in [5.41, 5.74) is -0.178.